The third kappa shape index (κ3) is 4.70. The molecule has 0 spiro atoms. The normalized spacial score (nSPS) is 10.7. The summed E-state index contributed by atoms with van der Waals surface area (Å²) in [5.41, 5.74) is 1.90. The zero-order chi connectivity index (χ0) is 19.2. The lowest BCUT2D eigenvalue weighted by atomic mass is 10.2. The van der Waals surface area contributed by atoms with E-state index in [1.54, 1.807) is 11.8 Å². The fourth-order valence-corrected chi connectivity index (χ4v) is 3.13. The van der Waals surface area contributed by atoms with Crippen molar-refractivity contribution in [1.82, 2.24) is 20.2 Å². The van der Waals surface area contributed by atoms with Gasteiger partial charge in [0.2, 0.25) is 5.95 Å². The Morgan fingerprint density at radius 2 is 2.00 bits per heavy atom. The SMILES string of the molecule is CCn1nnnc1NCc1cc(OC)c(OCc2ccccc2Cl)cc1Br. The number of ether oxygens (including phenoxy) is 2. The average Bonchev–Trinajstić information content (AvgIpc) is 3.14. The second-order valence-electron chi connectivity index (χ2n) is 5.65. The van der Waals surface area contributed by atoms with Gasteiger partial charge < -0.3 is 14.8 Å². The van der Waals surface area contributed by atoms with Crippen LogP contribution < -0.4 is 14.8 Å². The minimum Gasteiger partial charge on any atom is -0.493 e. The van der Waals surface area contributed by atoms with Crippen molar-refractivity contribution < 1.29 is 9.47 Å². The maximum Gasteiger partial charge on any atom is 0.243 e. The Morgan fingerprint density at radius 1 is 1.19 bits per heavy atom. The molecule has 1 heterocycles. The molecule has 1 aromatic heterocycles. The number of benzene rings is 2. The van der Waals surface area contributed by atoms with Crippen LogP contribution in [0, 0.1) is 0 Å². The van der Waals surface area contributed by atoms with Gasteiger partial charge in [0, 0.05) is 28.1 Å². The predicted octanol–water partition coefficient (Wildman–Crippen LogP) is 4.31. The van der Waals surface area contributed by atoms with Gasteiger partial charge in [-0.1, -0.05) is 50.8 Å². The third-order valence-corrected chi connectivity index (χ3v) is 5.05. The average molecular weight is 453 g/mol. The largest absolute Gasteiger partial charge is 0.493 e. The number of aryl methyl sites for hydroxylation is 1. The van der Waals surface area contributed by atoms with E-state index in [1.165, 1.54) is 0 Å². The van der Waals surface area contributed by atoms with Crippen LogP contribution >= 0.6 is 27.5 Å². The predicted molar refractivity (Wildman–Crippen MR) is 107 cm³/mol. The van der Waals surface area contributed by atoms with Crippen molar-refractivity contribution in [2.24, 2.45) is 0 Å². The van der Waals surface area contributed by atoms with Crippen LogP contribution in [0.3, 0.4) is 0 Å². The van der Waals surface area contributed by atoms with Gasteiger partial charge in [0.15, 0.2) is 11.5 Å². The van der Waals surface area contributed by atoms with Crippen LogP contribution in [0.15, 0.2) is 40.9 Å². The Bertz CT molecular complexity index is 919. The number of anilines is 1. The van der Waals surface area contributed by atoms with Crippen LogP contribution in [0.25, 0.3) is 0 Å². The second-order valence-corrected chi connectivity index (χ2v) is 6.91. The highest BCUT2D eigenvalue weighted by atomic mass is 79.9. The molecule has 0 saturated heterocycles. The minimum absolute atomic E-state index is 0.353. The number of aromatic nitrogens is 4. The number of tetrazole rings is 1. The molecule has 0 unspecified atom stereocenters. The Labute approximate surface area is 170 Å². The summed E-state index contributed by atoms with van der Waals surface area (Å²) in [5, 5.41) is 15.4. The molecule has 27 heavy (non-hydrogen) atoms. The molecule has 3 rings (SSSR count). The molecule has 0 aliphatic rings. The standard InChI is InChI=1S/C18H19BrClN5O2/c1-3-25-18(22-23-24-25)21-10-13-8-16(26-2)17(9-14(13)19)27-11-12-6-4-5-7-15(12)20/h4-9H,3,10-11H2,1-2H3,(H,21,22,24). The lowest BCUT2D eigenvalue weighted by Gasteiger charge is -2.15. The van der Waals surface area contributed by atoms with Crippen molar-refractivity contribution in [2.75, 3.05) is 12.4 Å². The van der Waals surface area contributed by atoms with Crippen molar-refractivity contribution in [2.45, 2.75) is 26.6 Å². The van der Waals surface area contributed by atoms with Gasteiger partial charge in [0.1, 0.15) is 6.61 Å². The van der Waals surface area contributed by atoms with Crippen molar-refractivity contribution in [3.05, 3.63) is 57.0 Å². The van der Waals surface area contributed by atoms with E-state index in [0.717, 1.165) is 15.6 Å². The summed E-state index contributed by atoms with van der Waals surface area (Å²) in [6.45, 7) is 3.55. The number of rotatable bonds is 8. The van der Waals surface area contributed by atoms with E-state index in [9.17, 15) is 0 Å². The molecule has 142 valence electrons. The lowest BCUT2D eigenvalue weighted by molar-refractivity contribution is 0.284. The van der Waals surface area contributed by atoms with E-state index >= 15 is 0 Å². The van der Waals surface area contributed by atoms with Gasteiger partial charge in [-0.3, -0.25) is 0 Å². The Hall–Kier alpha value is -2.32. The first kappa shape index (κ1) is 19.4. The van der Waals surface area contributed by atoms with E-state index < -0.39 is 0 Å². The second kappa shape index (κ2) is 9.05. The van der Waals surface area contributed by atoms with Crippen LogP contribution in [0.1, 0.15) is 18.1 Å². The third-order valence-electron chi connectivity index (χ3n) is 3.94. The molecule has 0 amide bonds. The Morgan fingerprint density at radius 3 is 2.74 bits per heavy atom. The summed E-state index contributed by atoms with van der Waals surface area (Å²) in [7, 11) is 1.61. The molecule has 2 aromatic carbocycles. The number of hydrogen-bond donors (Lipinski definition) is 1. The molecular weight excluding hydrogens is 434 g/mol. The summed E-state index contributed by atoms with van der Waals surface area (Å²) in [6, 6.07) is 11.4. The summed E-state index contributed by atoms with van der Waals surface area (Å²) < 4.78 is 14.0. The molecule has 7 nitrogen and oxygen atoms in total. The molecule has 0 aliphatic carbocycles. The first-order chi connectivity index (χ1) is 13.1. The number of halogens is 2. The van der Waals surface area contributed by atoms with Gasteiger partial charge in [-0.05, 0) is 41.1 Å². The summed E-state index contributed by atoms with van der Waals surface area (Å²) in [4.78, 5) is 0. The van der Waals surface area contributed by atoms with E-state index in [1.807, 2.05) is 43.3 Å². The quantitative estimate of drug-likeness (QED) is 0.549. The number of nitrogens with zero attached hydrogens (tertiary/aromatic N) is 4. The van der Waals surface area contributed by atoms with Gasteiger partial charge >= 0.3 is 0 Å². The molecular formula is C18H19BrClN5O2. The monoisotopic (exact) mass is 451 g/mol. The van der Waals surface area contributed by atoms with Crippen LogP contribution in [0.2, 0.25) is 5.02 Å². The lowest BCUT2D eigenvalue weighted by Crippen LogP contribution is -2.08. The fraction of sp³-hybridized carbons (Fsp3) is 0.278. The zero-order valence-corrected chi connectivity index (χ0v) is 17.3. The topological polar surface area (TPSA) is 74.1 Å². The van der Waals surface area contributed by atoms with Crippen molar-refractivity contribution in [3.63, 3.8) is 0 Å². The molecule has 0 bridgehead atoms. The van der Waals surface area contributed by atoms with Crippen LogP contribution in [-0.2, 0) is 19.7 Å². The number of methoxy groups -OCH3 is 1. The van der Waals surface area contributed by atoms with Crippen LogP contribution in [0.4, 0.5) is 5.95 Å². The molecule has 0 radical (unpaired) electrons. The molecule has 9 heteroatoms. The van der Waals surface area contributed by atoms with Crippen LogP contribution in [-0.4, -0.2) is 27.3 Å². The highest BCUT2D eigenvalue weighted by molar-refractivity contribution is 9.10. The maximum atomic E-state index is 6.19. The summed E-state index contributed by atoms with van der Waals surface area (Å²) >= 11 is 9.78. The van der Waals surface area contributed by atoms with E-state index in [-0.39, 0.29) is 0 Å². The summed E-state index contributed by atoms with van der Waals surface area (Å²) in [6.07, 6.45) is 0. The maximum absolute atomic E-state index is 6.19. The molecule has 1 N–H and O–H groups in total. The number of nitrogens with one attached hydrogen (secondary N) is 1. The molecule has 0 saturated carbocycles. The minimum atomic E-state index is 0.353. The number of hydrogen-bond acceptors (Lipinski definition) is 6. The van der Waals surface area contributed by atoms with Gasteiger partial charge in [-0.2, -0.15) is 0 Å². The first-order valence-electron chi connectivity index (χ1n) is 8.35. The highest BCUT2D eigenvalue weighted by Crippen LogP contribution is 2.34. The zero-order valence-electron chi connectivity index (χ0n) is 14.9. The van der Waals surface area contributed by atoms with Gasteiger partial charge in [-0.25, -0.2) is 4.68 Å². The van der Waals surface area contributed by atoms with Gasteiger partial charge in [-0.15, -0.1) is 0 Å². The molecule has 0 atom stereocenters. The Kier molecular flexibility index (Phi) is 6.52. The van der Waals surface area contributed by atoms with E-state index in [0.29, 0.717) is 42.2 Å². The van der Waals surface area contributed by atoms with Crippen molar-refractivity contribution >= 4 is 33.5 Å². The van der Waals surface area contributed by atoms with Crippen LogP contribution in [0.5, 0.6) is 11.5 Å². The summed E-state index contributed by atoms with van der Waals surface area (Å²) in [5.74, 6) is 1.88. The van der Waals surface area contributed by atoms with E-state index in [4.69, 9.17) is 21.1 Å². The molecule has 0 fully saturated rings. The first-order valence-corrected chi connectivity index (χ1v) is 9.52. The van der Waals surface area contributed by atoms with Crippen molar-refractivity contribution in [3.8, 4) is 11.5 Å². The molecule has 3 aromatic rings. The van der Waals surface area contributed by atoms with E-state index in [2.05, 4.69) is 36.8 Å². The smallest absolute Gasteiger partial charge is 0.243 e. The fourth-order valence-electron chi connectivity index (χ4n) is 2.47. The van der Waals surface area contributed by atoms with Gasteiger partial charge in [0.05, 0.1) is 7.11 Å². The highest BCUT2D eigenvalue weighted by Gasteiger charge is 2.12. The Balaban J connectivity index is 1.73. The van der Waals surface area contributed by atoms with Gasteiger partial charge in [0.25, 0.3) is 0 Å². The van der Waals surface area contributed by atoms with Crippen molar-refractivity contribution in [1.29, 1.82) is 0 Å². The molecule has 0 aliphatic heterocycles.